The van der Waals surface area contributed by atoms with Crippen molar-refractivity contribution in [1.82, 2.24) is 19.8 Å². The molecule has 8 heteroatoms. The molecule has 5 rings (SSSR count). The van der Waals surface area contributed by atoms with Crippen molar-refractivity contribution < 1.29 is 4.79 Å². The molecule has 4 aromatic rings. The summed E-state index contributed by atoms with van der Waals surface area (Å²) in [5.74, 6) is -0.137. The predicted octanol–water partition coefficient (Wildman–Crippen LogP) is 6.06. The number of thiocarbonyl (C=S) groups is 1. The van der Waals surface area contributed by atoms with Gasteiger partial charge in [-0.2, -0.15) is 0 Å². The number of hydrogen-bond donors (Lipinski definition) is 2. The lowest BCUT2D eigenvalue weighted by Crippen LogP contribution is -2.37. The molecule has 2 atom stereocenters. The van der Waals surface area contributed by atoms with E-state index in [1.54, 1.807) is 6.20 Å². The molecule has 0 saturated carbocycles. The summed E-state index contributed by atoms with van der Waals surface area (Å²) in [7, 11) is 0. The Morgan fingerprint density at radius 1 is 1.05 bits per heavy atom. The Morgan fingerprint density at radius 2 is 1.81 bits per heavy atom. The van der Waals surface area contributed by atoms with Crippen molar-refractivity contribution in [2.24, 2.45) is 0 Å². The number of anilines is 1. The van der Waals surface area contributed by atoms with E-state index in [1.807, 2.05) is 72.5 Å². The van der Waals surface area contributed by atoms with Crippen molar-refractivity contribution in [2.45, 2.75) is 32.9 Å². The summed E-state index contributed by atoms with van der Waals surface area (Å²) < 4.78 is 2.22. The van der Waals surface area contributed by atoms with Crippen LogP contribution in [-0.4, -0.2) is 32.0 Å². The van der Waals surface area contributed by atoms with Gasteiger partial charge in [0.1, 0.15) is 6.54 Å². The largest absolute Gasteiger partial charge is 0.352 e. The fourth-order valence-electron chi connectivity index (χ4n) is 5.09. The first kappa shape index (κ1) is 25.0. The number of pyridine rings is 1. The molecule has 6 nitrogen and oxygen atoms in total. The second-order valence-corrected chi connectivity index (χ2v) is 10.0. The number of benzene rings is 2. The highest BCUT2D eigenvalue weighted by molar-refractivity contribution is 7.80. The van der Waals surface area contributed by atoms with E-state index in [4.69, 9.17) is 23.8 Å². The molecule has 2 N–H and O–H groups in total. The van der Waals surface area contributed by atoms with E-state index >= 15 is 0 Å². The summed E-state index contributed by atoms with van der Waals surface area (Å²) in [5, 5.41) is 7.67. The van der Waals surface area contributed by atoms with Crippen LogP contribution in [0.3, 0.4) is 0 Å². The summed E-state index contributed by atoms with van der Waals surface area (Å²) in [6, 6.07) is 23.0. The minimum absolute atomic E-state index is 0.106. The van der Waals surface area contributed by atoms with Gasteiger partial charge in [-0.15, -0.1) is 0 Å². The van der Waals surface area contributed by atoms with Gasteiger partial charge in [0.2, 0.25) is 5.91 Å². The van der Waals surface area contributed by atoms with Gasteiger partial charge in [0.05, 0.1) is 17.8 Å². The molecular weight excluding hydrogens is 502 g/mol. The van der Waals surface area contributed by atoms with Crippen molar-refractivity contribution in [1.29, 1.82) is 0 Å². The summed E-state index contributed by atoms with van der Waals surface area (Å²) in [5.41, 5.74) is 6.87. The van der Waals surface area contributed by atoms with Gasteiger partial charge in [-0.3, -0.25) is 9.78 Å². The van der Waals surface area contributed by atoms with E-state index in [0.29, 0.717) is 5.11 Å². The van der Waals surface area contributed by atoms with E-state index in [2.05, 4.69) is 46.2 Å². The van der Waals surface area contributed by atoms with Gasteiger partial charge < -0.3 is 20.1 Å². The SMILES string of the molecule is Cc1c(Cl)cccc1-n1c(C)cc([C@H]2[C@@H](c3ccccn3)NC(=S)N2CC(=O)Nc2ccccc2)c1C. The smallest absolute Gasteiger partial charge is 0.244 e. The number of hydrogen-bond acceptors (Lipinski definition) is 3. The Hall–Kier alpha value is -3.68. The third kappa shape index (κ3) is 4.84. The second-order valence-electron chi connectivity index (χ2n) is 9.21. The zero-order chi connectivity index (χ0) is 26.1. The number of nitrogens with one attached hydrogen (secondary N) is 2. The highest BCUT2D eigenvalue weighted by atomic mass is 35.5. The lowest BCUT2D eigenvalue weighted by Gasteiger charge is -2.27. The van der Waals surface area contributed by atoms with E-state index in [-0.39, 0.29) is 24.5 Å². The van der Waals surface area contributed by atoms with Crippen molar-refractivity contribution in [2.75, 3.05) is 11.9 Å². The monoisotopic (exact) mass is 529 g/mol. The molecule has 37 heavy (non-hydrogen) atoms. The topological polar surface area (TPSA) is 62.2 Å². The molecule has 1 amide bonds. The maximum atomic E-state index is 13.1. The standard InChI is InChI=1S/C29H28ClN5OS/c1-18-16-22(20(3)35(18)25-14-9-12-23(30)19(25)2)28-27(24-13-7-8-15-31-24)33-29(37)34(28)17-26(36)32-21-10-5-4-6-11-21/h4-16,27-28H,17H2,1-3H3,(H,32,36)(H,33,37)/t27-,28+/m1/s1. The fourth-order valence-corrected chi connectivity index (χ4v) is 5.56. The first-order chi connectivity index (χ1) is 17.8. The third-order valence-electron chi connectivity index (χ3n) is 6.84. The maximum Gasteiger partial charge on any atom is 0.244 e. The average molecular weight is 530 g/mol. The summed E-state index contributed by atoms with van der Waals surface area (Å²) >= 11 is 12.2. The number of carbonyl (C=O) groups excluding carboxylic acids is 1. The van der Waals surface area contributed by atoms with E-state index in [9.17, 15) is 4.79 Å². The Kier molecular flexibility index (Phi) is 7.00. The fraction of sp³-hybridized carbons (Fsp3) is 0.207. The molecule has 1 aliphatic rings. The molecule has 2 aromatic heterocycles. The first-order valence-corrected chi connectivity index (χ1v) is 12.9. The average Bonchev–Trinajstić information content (AvgIpc) is 3.36. The lowest BCUT2D eigenvalue weighted by molar-refractivity contribution is -0.116. The Labute approximate surface area is 227 Å². The molecule has 0 spiro atoms. The molecule has 1 fully saturated rings. The highest BCUT2D eigenvalue weighted by Gasteiger charge is 2.42. The van der Waals surface area contributed by atoms with Gasteiger partial charge in [-0.05, 0) is 86.6 Å². The molecule has 2 aromatic carbocycles. The van der Waals surface area contributed by atoms with E-state index in [0.717, 1.165) is 44.6 Å². The Bertz CT molecular complexity index is 1450. The summed E-state index contributed by atoms with van der Waals surface area (Å²) in [4.78, 5) is 19.7. The van der Waals surface area contributed by atoms with Crippen molar-refractivity contribution in [3.05, 3.63) is 112 Å². The molecule has 0 radical (unpaired) electrons. The number of carbonyl (C=O) groups is 1. The maximum absolute atomic E-state index is 13.1. The zero-order valence-corrected chi connectivity index (χ0v) is 22.5. The first-order valence-electron chi connectivity index (χ1n) is 12.1. The number of para-hydroxylation sites is 1. The van der Waals surface area contributed by atoms with Gasteiger partial charge in [-0.1, -0.05) is 41.9 Å². The summed E-state index contributed by atoms with van der Waals surface area (Å²) in [6.45, 7) is 6.31. The third-order valence-corrected chi connectivity index (χ3v) is 7.60. The van der Waals surface area contributed by atoms with Crippen molar-refractivity contribution in [3.8, 4) is 5.69 Å². The van der Waals surface area contributed by atoms with Gasteiger partial charge >= 0.3 is 0 Å². The van der Waals surface area contributed by atoms with Crippen LogP contribution < -0.4 is 10.6 Å². The molecule has 1 saturated heterocycles. The number of halogens is 1. The van der Waals surface area contributed by atoms with Crippen molar-refractivity contribution >= 4 is 40.5 Å². The van der Waals surface area contributed by atoms with Crippen LogP contribution in [0.2, 0.25) is 5.02 Å². The van der Waals surface area contributed by atoms with Crippen LogP contribution in [0.25, 0.3) is 5.69 Å². The Morgan fingerprint density at radius 3 is 2.54 bits per heavy atom. The number of rotatable bonds is 6. The quantitative estimate of drug-likeness (QED) is 0.297. The minimum atomic E-state index is -0.233. The Balaban J connectivity index is 1.56. The minimum Gasteiger partial charge on any atom is -0.352 e. The number of aryl methyl sites for hydroxylation is 1. The van der Waals surface area contributed by atoms with Crippen LogP contribution in [0.4, 0.5) is 5.69 Å². The van der Waals surface area contributed by atoms with Gasteiger partial charge in [0.15, 0.2) is 5.11 Å². The van der Waals surface area contributed by atoms with Crippen LogP contribution in [0.5, 0.6) is 0 Å². The van der Waals surface area contributed by atoms with Crippen LogP contribution in [0.15, 0.2) is 79.0 Å². The van der Waals surface area contributed by atoms with Crippen molar-refractivity contribution in [3.63, 3.8) is 0 Å². The van der Waals surface area contributed by atoms with E-state index < -0.39 is 0 Å². The van der Waals surface area contributed by atoms with Crippen LogP contribution in [-0.2, 0) is 4.79 Å². The van der Waals surface area contributed by atoms with Gasteiger partial charge in [0.25, 0.3) is 0 Å². The highest BCUT2D eigenvalue weighted by Crippen LogP contribution is 2.41. The molecule has 0 bridgehead atoms. The molecular formula is C29H28ClN5OS. The molecule has 1 aliphatic heterocycles. The molecule has 188 valence electrons. The second kappa shape index (κ2) is 10.4. The van der Waals surface area contributed by atoms with Gasteiger partial charge in [0, 0.05) is 34.0 Å². The number of amides is 1. The zero-order valence-electron chi connectivity index (χ0n) is 20.9. The molecule has 0 aliphatic carbocycles. The predicted molar refractivity (Wildman–Crippen MR) is 152 cm³/mol. The molecule has 0 unspecified atom stereocenters. The van der Waals surface area contributed by atoms with Crippen LogP contribution >= 0.6 is 23.8 Å². The van der Waals surface area contributed by atoms with Crippen LogP contribution in [0.1, 0.15) is 40.3 Å². The summed E-state index contributed by atoms with van der Waals surface area (Å²) in [6.07, 6.45) is 1.78. The number of aromatic nitrogens is 2. The normalized spacial score (nSPS) is 17.1. The lowest BCUT2D eigenvalue weighted by atomic mass is 9.96. The van der Waals surface area contributed by atoms with Crippen LogP contribution in [0, 0.1) is 20.8 Å². The van der Waals surface area contributed by atoms with Gasteiger partial charge in [-0.25, -0.2) is 0 Å². The van der Waals surface area contributed by atoms with E-state index in [1.165, 1.54) is 0 Å². The number of nitrogens with zero attached hydrogens (tertiary/aromatic N) is 3. The molecule has 3 heterocycles.